The molecule has 1 heterocycles. The van der Waals surface area contributed by atoms with E-state index >= 15 is 0 Å². The van der Waals surface area contributed by atoms with Crippen molar-refractivity contribution in [2.24, 2.45) is 0 Å². The molecule has 0 unspecified atom stereocenters. The zero-order chi connectivity index (χ0) is 20.6. The van der Waals surface area contributed by atoms with Crippen molar-refractivity contribution in [2.75, 3.05) is 13.1 Å². The van der Waals surface area contributed by atoms with Gasteiger partial charge in [0.15, 0.2) is 5.03 Å². The standard InChI is InChI=1S/C15H14BrF4N3O3S/c1-3-22(4-2)14(24)23-8-11(16)13(21-23)27(25,26)9-5-6-12(17)10(7-9)15(18,19)20/h5-8H,3-4H2,1-2H3. The van der Waals surface area contributed by atoms with Crippen LogP contribution in [0.4, 0.5) is 22.4 Å². The van der Waals surface area contributed by atoms with Crippen molar-refractivity contribution in [1.29, 1.82) is 0 Å². The second kappa shape index (κ2) is 7.58. The molecule has 148 valence electrons. The van der Waals surface area contributed by atoms with Crippen molar-refractivity contribution in [3.05, 3.63) is 40.2 Å². The van der Waals surface area contributed by atoms with Gasteiger partial charge in [0.2, 0.25) is 9.84 Å². The monoisotopic (exact) mass is 471 g/mol. The van der Waals surface area contributed by atoms with E-state index < -0.39 is 43.3 Å². The maximum atomic E-state index is 13.4. The first-order valence-corrected chi connectivity index (χ1v) is 9.87. The van der Waals surface area contributed by atoms with Crippen LogP contribution in [0, 0.1) is 5.82 Å². The number of nitrogens with zero attached hydrogens (tertiary/aromatic N) is 3. The van der Waals surface area contributed by atoms with Crippen LogP contribution in [0.15, 0.2) is 38.8 Å². The molecule has 0 aliphatic heterocycles. The number of amides is 1. The molecule has 0 N–H and O–H groups in total. The first-order valence-electron chi connectivity index (χ1n) is 7.59. The molecular formula is C15H14BrF4N3O3S. The molecule has 2 rings (SSSR count). The minimum Gasteiger partial charge on any atom is -0.323 e. The minimum atomic E-state index is -5.06. The zero-order valence-electron chi connectivity index (χ0n) is 14.1. The van der Waals surface area contributed by atoms with Gasteiger partial charge in [0.1, 0.15) is 5.82 Å². The number of hydrogen-bond donors (Lipinski definition) is 0. The molecule has 27 heavy (non-hydrogen) atoms. The highest BCUT2D eigenvalue weighted by Gasteiger charge is 2.36. The van der Waals surface area contributed by atoms with E-state index in [0.29, 0.717) is 25.2 Å². The van der Waals surface area contributed by atoms with E-state index in [-0.39, 0.29) is 10.5 Å². The Morgan fingerprint density at radius 1 is 1.26 bits per heavy atom. The number of aromatic nitrogens is 2. The van der Waals surface area contributed by atoms with E-state index in [4.69, 9.17) is 0 Å². The molecule has 0 spiro atoms. The Hall–Kier alpha value is -1.95. The summed E-state index contributed by atoms with van der Waals surface area (Å²) < 4.78 is 78.0. The molecule has 0 saturated carbocycles. The minimum absolute atomic E-state index is 0.110. The predicted molar refractivity (Wildman–Crippen MR) is 90.5 cm³/mol. The van der Waals surface area contributed by atoms with Crippen LogP contribution in [-0.2, 0) is 16.0 Å². The third-order valence-electron chi connectivity index (χ3n) is 3.68. The van der Waals surface area contributed by atoms with E-state index in [1.165, 1.54) is 4.90 Å². The van der Waals surface area contributed by atoms with E-state index in [1.54, 1.807) is 13.8 Å². The van der Waals surface area contributed by atoms with Gasteiger partial charge in [0.05, 0.1) is 21.1 Å². The Kier molecular flexibility index (Phi) is 6.00. The third kappa shape index (κ3) is 4.15. The van der Waals surface area contributed by atoms with Crippen LogP contribution >= 0.6 is 15.9 Å². The Labute approximate surface area is 160 Å². The quantitative estimate of drug-likeness (QED) is 0.499. The third-order valence-corrected chi connectivity index (χ3v) is 6.20. The van der Waals surface area contributed by atoms with Gasteiger partial charge >= 0.3 is 12.2 Å². The summed E-state index contributed by atoms with van der Waals surface area (Å²) in [6, 6.07) is 0.721. The van der Waals surface area contributed by atoms with E-state index in [1.807, 2.05) is 0 Å². The Bertz CT molecular complexity index is 969. The van der Waals surface area contributed by atoms with Crippen LogP contribution in [0.1, 0.15) is 19.4 Å². The fourth-order valence-electron chi connectivity index (χ4n) is 2.26. The van der Waals surface area contributed by atoms with Gasteiger partial charge in [-0.25, -0.2) is 17.6 Å². The maximum Gasteiger partial charge on any atom is 0.419 e. The summed E-state index contributed by atoms with van der Waals surface area (Å²) in [5, 5.41) is 3.05. The maximum absolute atomic E-state index is 13.4. The normalized spacial score (nSPS) is 12.3. The summed E-state index contributed by atoms with van der Waals surface area (Å²) in [5.74, 6) is -1.59. The summed E-state index contributed by atoms with van der Waals surface area (Å²) in [6.45, 7) is 4.13. The number of alkyl halides is 3. The van der Waals surface area contributed by atoms with Crippen molar-refractivity contribution in [3.8, 4) is 0 Å². The molecule has 0 fully saturated rings. The van der Waals surface area contributed by atoms with Crippen LogP contribution in [0.2, 0.25) is 0 Å². The van der Waals surface area contributed by atoms with Crippen LogP contribution < -0.4 is 0 Å². The fraction of sp³-hybridized carbons (Fsp3) is 0.333. The topological polar surface area (TPSA) is 72.3 Å². The van der Waals surface area contributed by atoms with Crippen molar-refractivity contribution in [1.82, 2.24) is 14.7 Å². The first-order chi connectivity index (χ1) is 12.4. The second-order valence-electron chi connectivity index (χ2n) is 5.32. The highest BCUT2D eigenvalue weighted by Crippen LogP contribution is 2.34. The van der Waals surface area contributed by atoms with Crippen molar-refractivity contribution < 1.29 is 30.8 Å². The Balaban J connectivity index is 2.54. The molecule has 1 aromatic carbocycles. The largest absolute Gasteiger partial charge is 0.419 e. The molecule has 0 saturated heterocycles. The van der Waals surface area contributed by atoms with Gasteiger partial charge in [-0.3, -0.25) is 0 Å². The van der Waals surface area contributed by atoms with Gasteiger partial charge in [0.25, 0.3) is 0 Å². The summed E-state index contributed by atoms with van der Waals surface area (Å²) in [6.07, 6.45) is -3.97. The molecule has 1 amide bonds. The van der Waals surface area contributed by atoms with Gasteiger partial charge in [-0.1, -0.05) is 0 Å². The van der Waals surface area contributed by atoms with Crippen LogP contribution in [0.5, 0.6) is 0 Å². The fourth-order valence-corrected chi connectivity index (χ4v) is 4.42. The van der Waals surface area contributed by atoms with Crippen LogP contribution in [0.3, 0.4) is 0 Å². The number of sulfone groups is 1. The van der Waals surface area contributed by atoms with E-state index in [0.717, 1.165) is 10.9 Å². The summed E-state index contributed by atoms with van der Waals surface area (Å²) in [5.41, 5.74) is -1.71. The molecule has 0 aliphatic carbocycles. The zero-order valence-corrected chi connectivity index (χ0v) is 16.5. The lowest BCUT2D eigenvalue weighted by Crippen LogP contribution is -2.34. The highest BCUT2D eigenvalue weighted by molar-refractivity contribution is 9.10. The average molecular weight is 472 g/mol. The molecule has 0 atom stereocenters. The lowest BCUT2D eigenvalue weighted by molar-refractivity contribution is -0.140. The van der Waals surface area contributed by atoms with Gasteiger partial charge in [-0.2, -0.15) is 23.0 Å². The smallest absolute Gasteiger partial charge is 0.323 e. The molecule has 1 aromatic heterocycles. The predicted octanol–water partition coefficient (Wildman–Crippen LogP) is 3.95. The lowest BCUT2D eigenvalue weighted by Gasteiger charge is -2.17. The molecular weight excluding hydrogens is 458 g/mol. The summed E-state index contributed by atoms with van der Waals surface area (Å²) in [4.78, 5) is 12.9. The number of carbonyl (C=O) groups excluding carboxylic acids is 1. The summed E-state index contributed by atoms with van der Waals surface area (Å²) >= 11 is 2.95. The Morgan fingerprint density at radius 3 is 2.37 bits per heavy atom. The van der Waals surface area contributed by atoms with Crippen LogP contribution in [0.25, 0.3) is 0 Å². The van der Waals surface area contributed by atoms with Crippen molar-refractivity contribution in [3.63, 3.8) is 0 Å². The van der Waals surface area contributed by atoms with Gasteiger partial charge in [-0.15, -0.1) is 0 Å². The van der Waals surface area contributed by atoms with E-state index in [2.05, 4.69) is 21.0 Å². The molecule has 6 nitrogen and oxygen atoms in total. The van der Waals surface area contributed by atoms with E-state index in [9.17, 15) is 30.8 Å². The Morgan fingerprint density at radius 2 is 1.85 bits per heavy atom. The van der Waals surface area contributed by atoms with Gasteiger partial charge in [-0.05, 0) is 48.0 Å². The molecule has 12 heteroatoms. The summed E-state index contributed by atoms with van der Waals surface area (Å²) in [7, 11) is -4.54. The number of rotatable bonds is 4. The SMILES string of the molecule is CCN(CC)C(=O)n1cc(Br)c(S(=O)(=O)c2ccc(F)c(C(F)(F)F)c2)n1. The number of hydrogen-bond acceptors (Lipinski definition) is 4. The average Bonchev–Trinajstić information content (AvgIpc) is 2.97. The molecule has 0 radical (unpaired) electrons. The second-order valence-corrected chi connectivity index (χ2v) is 8.04. The van der Waals surface area contributed by atoms with Gasteiger partial charge < -0.3 is 4.90 Å². The lowest BCUT2D eigenvalue weighted by atomic mass is 10.2. The first kappa shape index (κ1) is 21.4. The highest BCUT2D eigenvalue weighted by atomic mass is 79.9. The number of carbonyl (C=O) groups is 1. The number of halogens is 5. The van der Waals surface area contributed by atoms with Crippen molar-refractivity contribution in [2.45, 2.75) is 29.9 Å². The molecule has 2 aromatic rings. The van der Waals surface area contributed by atoms with Gasteiger partial charge in [0, 0.05) is 13.1 Å². The van der Waals surface area contributed by atoms with Crippen LogP contribution in [-0.4, -0.2) is 42.2 Å². The van der Waals surface area contributed by atoms with Crippen molar-refractivity contribution >= 4 is 31.8 Å². The number of benzene rings is 1. The molecule has 0 aliphatic rings. The molecule has 0 bridgehead atoms.